The first-order chi connectivity index (χ1) is 11.1. The summed E-state index contributed by atoms with van der Waals surface area (Å²) < 4.78 is 0. The molecule has 7 nitrogen and oxygen atoms in total. The van der Waals surface area contributed by atoms with Gasteiger partial charge in [0.1, 0.15) is 11.8 Å². The first-order valence-electron chi connectivity index (χ1n) is 7.07. The number of carbonyl (C=O) groups is 2. The predicted octanol–water partition coefficient (Wildman–Crippen LogP) is 1.14. The van der Waals surface area contributed by atoms with Crippen LogP contribution in [0.3, 0.4) is 0 Å². The quantitative estimate of drug-likeness (QED) is 0.884. The van der Waals surface area contributed by atoms with Gasteiger partial charge in [-0.3, -0.25) is 19.6 Å². The zero-order valence-electron chi connectivity index (χ0n) is 12.2. The molecule has 1 aliphatic rings. The van der Waals surface area contributed by atoms with Gasteiger partial charge >= 0.3 is 0 Å². The minimum absolute atomic E-state index is 0.168. The van der Waals surface area contributed by atoms with Crippen molar-refractivity contribution in [3.05, 3.63) is 54.9 Å². The molecule has 1 aliphatic heterocycles. The van der Waals surface area contributed by atoms with Crippen LogP contribution in [0.25, 0.3) is 0 Å². The molecule has 2 amide bonds. The third-order valence-corrected chi connectivity index (χ3v) is 3.46. The van der Waals surface area contributed by atoms with Gasteiger partial charge in [0, 0.05) is 24.5 Å². The molecule has 1 aromatic carbocycles. The molecule has 0 bridgehead atoms. The van der Waals surface area contributed by atoms with E-state index in [1.165, 1.54) is 5.01 Å². The second-order valence-corrected chi connectivity index (χ2v) is 5.04. The number of aromatic nitrogens is 1. The molecule has 1 atom stereocenters. The van der Waals surface area contributed by atoms with Crippen LogP contribution in [0.4, 0.5) is 11.4 Å². The number of nitrogens with two attached hydrogens (primary N) is 1. The van der Waals surface area contributed by atoms with E-state index in [1.807, 2.05) is 30.3 Å². The van der Waals surface area contributed by atoms with E-state index in [-0.39, 0.29) is 18.0 Å². The standard InChI is InChI=1S/C16H15N5O2/c17-15(22)14-10-13(16(23)19-11-6-8-18-9-7-11)20-21(14)12-4-2-1-3-5-12/h1-9,14H,10H2,(H2,17,22)(H,18,19,23)/t14-/m0/s1. The molecule has 0 saturated carbocycles. The summed E-state index contributed by atoms with van der Waals surface area (Å²) in [5.74, 6) is -0.884. The van der Waals surface area contributed by atoms with E-state index >= 15 is 0 Å². The van der Waals surface area contributed by atoms with Crippen LogP contribution in [0.5, 0.6) is 0 Å². The van der Waals surface area contributed by atoms with E-state index < -0.39 is 11.9 Å². The smallest absolute Gasteiger partial charge is 0.271 e. The van der Waals surface area contributed by atoms with Gasteiger partial charge in [0.15, 0.2) is 0 Å². The number of pyridine rings is 1. The van der Waals surface area contributed by atoms with Crippen molar-refractivity contribution in [2.45, 2.75) is 12.5 Å². The number of amides is 2. The van der Waals surface area contributed by atoms with E-state index in [0.717, 1.165) is 0 Å². The Balaban J connectivity index is 1.82. The fraction of sp³-hybridized carbons (Fsp3) is 0.125. The van der Waals surface area contributed by atoms with Crippen LogP contribution in [0.1, 0.15) is 6.42 Å². The Hall–Kier alpha value is -3.22. The highest BCUT2D eigenvalue weighted by molar-refractivity contribution is 6.44. The molecular formula is C16H15N5O2. The van der Waals surface area contributed by atoms with E-state index in [2.05, 4.69) is 15.4 Å². The summed E-state index contributed by atoms with van der Waals surface area (Å²) in [7, 11) is 0. The highest BCUT2D eigenvalue weighted by Gasteiger charge is 2.34. The summed E-state index contributed by atoms with van der Waals surface area (Å²) in [6, 6.07) is 11.8. The van der Waals surface area contributed by atoms with E-state index in [0.29, 0.717) is 11.4 Å². The van der Waals surface area contributed by atoms with Crippen LogP contribution in [0, 0.1) is 0 Å². The Morgan fingerprint density at radius 2 is 1.83 bits per heavy atom. The zero-order chi connectivity index (χ0) is 16.2. The number of para-hydroxylation sites is 1. The van der Waals surface area contributed by atoms with Crippen LogP contribution >= 0.6 is 0 Å². The Bertz CT molecular complexity index is 746. The summed E-state index contributed by atoms with van der Waals surface area (Å²) in [5.41, 5.74) is 7.03. The van der Waals surface area contributed by atoms with Crippen LogP contribution < -0.4 is 16.1 Å². The predicted molar refractivity (Wildman–Crippen MR) is 86.8 cm³/mol. The summed E-state index contributed by atoms with van der Waals surface area (Å²) in [6.45, 7) is 0. The molecule has 0 fully saturated rings. The molecule has 7 heteroatoms. The number of primary amides is 1. The van der Waals surface area contributed by atoms with Gasteiger partial charge in [0.25, 0.3) is 5.91 Å². The lowest BCUT2D eigenvalue weighted by atomic mass is 10.1. The van der Waals surface area contributed by atoms with Gasteiger partial charge in [-0.15, -0.1) is 0 Å². The summed E-state index contributed by atoms with van der Waals surface area (Å²) in [6.07, 6.45) is 3.32. The number of nitrogens with one attached hydrogen (secondary N) is 1. The number of benzene rings is 1. The SMILES string of the molecule is NC(=O)[C@@H]1CC(C(=O)Nc2ccncc2)=NN1c1ccccc1. The first-order valence-corrected chi connectivity index (χ1v) is 7.07. The second-order valence-electron chi connectivity index (χ2n) is 5.04. The maximum absolute atomic E-state index is 12.3. The van der Waals surface area contributed by atoms with E-state index in [1.54, 1.807) is 24.5 Å². The minimum Gasteiger partial charge on any atom is -0.368 e. The Labute approximate surface area is 132 Å². The highest BCUT2D eigenvalue weighted by atomic mass is 16.2. The van der Waals surface area contributed by atoms with Gasteiger partial charge in [-0.2, -0.15) is 5.10 Å². The Morgan fingerprint density at radius 1 is 1.13 bits per heavy atom. The monoisotopic (exact) mass is 309 g/mol. The Morgan fingerprint density at radius 3 is 2.48 bits per heavy atom. The van der Waals surface area contributed by atoms with E-state index in [9.17, 15) is 9.59 Å². The lowest BCUT2D eigenvalue weighted by Gasteiger charge is -2.20. The van der Waals surface area contributed by atoms with Gasteiger partial charge in [-0.05, 0) is 24.3 Å². The molecule has 0 unspecified atom stereocenters. The molecule has 2 aromatic rings. The molecule has 0 saturated heterocycles. The van der Waals surface area contributed by atoms with Crippen LogP contribution in [0.2, 0.25) is 0 Å². The number of nitrogens with zero attached hydrogens (tertiary/aromatic N) is 3. The number of rotatable bonds is 4. The Kier molecular flexibility index (Phi) is 4.01. The second kappa shape index (κ2) is 6.27. The summed E-state index contributed by atoms with van der Waals surface area (Å²) in [5, 5.41) is 8.50. The number of anilines is 2. The van der Waals surface area contributed by atoms with Crippen molar-refractivity contribution in [2.75, 3.05) is 10.3 Å². The van der Waals surface area contributed by atoms with Crippen molar-refractivity contribution < 1.29 is 9.59 Å². The topological polar surface area (TPSA) is 101 Å². The van der Waals surface area contributed by atoms with Gasteiger partial charge in [-0.1, -0.05) is 18.2 Å². The number of hydrogen-bond acceptors (Lipinski definition) is 5. The average Bonchev–Trinajstić information content (AvgIpc) is 3.02. The molecule has 116 valence electrons. The van der Waals surface area contributed by atoms with Crippen molar-refractivity contribution in [1.29, 1.82) is 0 Å². The lowest BCUT2D eigenvalue weighted by molar-refractivity contribution is -0.119. The number of hydrogen-bond donors (Lipinski definition) is 2. The van der Waals surface area contributed by atoms with Crippen molar-refractivity contribution in [1.82, 2.24) is 4.98 Å². The molecule has 1 aromatic heterocycles. The average molecular weight is 309 g/mol. The largest absolute Gasteiger partial charge is 0.368 e. The van der Waals surface area contributed by atoms with Gasteiger partial charge in [-0.25, -0.2) is 0 Å². The van der Waals surface area contributed by atoms with Crippen LogP contribution in [-0.4, -0.2) is 28.6 Å². The molecule has 0 radical (unpaired) electrons. The van der Waals surface area contributed by atoms with Crippen LogP contribution in [0.15, 0.2) is 60.0 Å². The molecule has 2 heterocycles. The maximum Gasteiger partial charge on any atom is 0.271 e. The third-order valence-electron chi connectivity index (χ3n) is 3.46. The fourth-order valence-electron chi connectivity index (χ4n) is 2.33. The molecular weight excluding hydrogens is 294 g/mol. The molecule has 0 spiro atoms. The molecule has 0 aliphatic carbocycles. The van der Waals surface area contributed by atoms with Gasteiger partial charge in [0.05, 0.1) is 5.69 Å². The van der Waals surface area contributed by atoms with Crippen molar-refractivity contribution in [3.63, 3.8) is 0 Å². The third kappa shape index (κ3) is 3.18. The molecule has 3 N–H and O–H groups in total. The molecule has 3 rings (SSSR count). The van der Waals surface area contributed by atoms with Gasteiger partial charge < -0.3 is 11.1 Å². The van der Waals surface area contributed by atoms with Crippen molar-refractivity contribution in [2.24, 2.45) is 10.8 Å². The minimum atomic E-state index is -0.671. The van der Waals surface area contributed by atoms with Gasteiger partial charge in [0.2, 0.25) is 5.91 Å². The molecule has 23 heavy (non-hydrogen) atoms. The van der Waals surface area contributed by atoms with Crippen molar-refractivity contribution >= 4 is 28.9 Å². The first kappa shape index (κ1) is 14.7. The fourth-order valence-corrected chi connectivity index (χ4v) is 2.33. The number of carbonyl (C=O) groups excluding carboxylic acids is 2. The van der Waals surface area contributed by atoms with Crippen molar-refractivity contribution in [3.8, 4) is 0 Å². The maximum atomic E-state index is 12.3. The lowest BCUT2D eigenvalue weighted by Crippen LogP contribution is -2.39. The zero-order valence-corrected chi connectivity index (χ0v) is 12.2. The summed E-state index contributed by atoms with van der Waals surface area (Å²) >= 11 is 0. The normalized spacial score (nSPS) is 16.8. The number of hydrazone groups is 1. The highest BCUT2D eigenvalue weighted by Crippen LogP contribution is 2.24. The van der Waals surface area contributed by atoms with Crippen LogP contribution in [-0.2, 0) is 9.59 Å². The van der Waals surface area contributed by atoms with E-state index in [4.69, 9.17) is 5.73 Å². The summed E-state index contributed by atoms with van der Waals surface area (Å²) in [4.78, 5) is 27.9.